The van der Waals surface area contributed by atoms with Crippen LogP contribution in [0.15, 0.2) is 108 Å². The number of hydrogen-bond donors (Lipinski definition) is 1. The van der Waals surface area contributed by atoms with E-state index in [-0.39, 0.29) is 0 Å². The van der Waals surface area contributed by atoms with Crippen LogP contribution in [0.5, 0.6) is 17.2 Å². The van der Waals surface area contributed by atoms with E-state index in [0.29, 0.717) is 40.1 Å². The van der Waals surface area contributed by atoms with E-state index in [1.807, 2.05) is 54.6 Å². The predicted octanol–water partition coefficient (Wildman–Crippen LogP) is 6.02. The molecule has 0 saturated heterocycles. The third-order valence-corrected chi connectivity index (χ3v) is 7.39. The van der Waals surface area contributed by atoms with Crippen molar-refractivity contribution in [3.8, 4) is 17.2 Å². The number of carbonyl (C=O) groups is 1. The van der Waals surface area contributed by atoms with Crippen molar-refractivity contribution in [3.63, 3.8) is 0 Å². The van der Waals surface area contributed by atoms with Crippen molar-refractivity contribution in [2.75, 3.05) is 10.6 Å². The van der Waals surface area contributed by atoms with Gasteiger partial charge in [0, 0.05) is 10.6 Å². The molecule has 40 heavy (non-hydrogen) atoms. The first-order valence-electron chi connectivity index (χ1n) is 12.3. The summed E-state index contributed by atoms with van der Waals surface area (Å²) in [4.78, 5) is 12.8. The number of sulfonamides is 1. The van der Waals surface area contributed by atoms with Gasteiger partial charge in [-0.05, 0) is 79.2 Å². The molecule has 1 amide bonds. The van der Waals surface area contributed by atoms with E-state index in [0.717, 1.165) is 16.1 Å². The number of nitrogens with zero attached hydrogens (tertiary/aromatic N) is 2. The van der Waals surface area contributed by atoms with Gasteiger partial charge in [0.1, 0.15) is 29.9 Å². The fraction of sp³-hybridized carbons (Fsp3) is 0.133. The number of rotatable bonds is 11. The van der Waals surface area contributed by atoms with Gasteiger partial charge in [0.2, 0.25) is 10.0 Å². The van der Waals surface area contributed by atoms with Crippen LogP contribution in [0.25, 0.3) is 0 Å². The molecule has 0 heterocycles. The van der Waals surface area contributed by atoms with Crippen LogP contribution in [0.4, 0.5) is 5.69 Å². The first-order chi connectivity index (χ1) is 19.2. The Hall–Kier alpha value is -4.34. The lowest BCUT2D eigenvalue weighted by molar-refractivity contribution is -0.121. The highest BCUT2D eigenvalue weighted by Crippen LogP contribution is 2.27. The molecule has 4 aromatic carbocycles. The second kappa shape index (κ2) is 13.1. The molecular formula is C30H28ClN3O5S. The fourth-order valence-electron chi connectivity index (χ4n) is 3.79. The van der Waals surface area contributed by atoms with Crippen molar-refractivity contribution >= 4 is 39.4 Å². The number of benzene rings is 4. The average molecular weight is 578 g/mol. The largest absolute Gasteiger partial charge is 0.489 e. The summed E-state index contributed by atoms with van der Waals surface area (Å²) >= 11 is 6.16. The lowest BCUT2D eigenvalue weighted by Crippen LogP contribution is -2.46. The van der Waals surface area contributed by atoms with Crippen molar-refractivity contribution in [1.82, 2.24) is 5.43 Å². The Labute approximate surface area is 238 Å². The Bertz CT molecular complexity index is 1560. The van der Waals surface area contributed by atoms with Gasteiger partial charge in [0.25, 0.3) is 5.91 Å². The summed E-state index contributed by atoms with van der Waals surface area (Å²) in [6, 6.07) is 29.2. The number of nitrogens with one attached hydrogen (secondary N) is 1. The SMILES string of the molecule is C[C@H](C(=O)N/N=C\c1ccc(OCc2ccccc2Cl)cc1)N(c1ccc(Oc2ccccc2)cc1)S(C)(=O)=O. The Morgan fingerprint density at radius 1 is 0.900 bits per heavy atom. The van der Waals surface area contributed by atoms with Crippen LogP contribution in [0.3, 0.4) is 0 Å². The zero-order valence-electron chi connectivity index (χ0n) is 21.9. The minimum absolute atomic E-state index is 0.321. The second-order valence-corrected chi connectivity index (χ2v) is 11.1. The van der Waals surface area contributed by atoms with Crippen molar-refractivity contribution in [1.29, 1.82) is 0 Å². The smallest absolute Gasteiger partial charge is 0.263 e. The summed E-state index contributed by atoms with van der Waals surface area (Å²) < 4.78 is 37.8. The number of carbonyl (C=O) groups excluding carboxylic acids is 1. The quantitative estimate of drug-likeness (QED) is 0.174. The molecule has 0 aromatic heterocycles. The maximum atomic E-state index is 12.8. The molecule has 0 aliphatic heterocycles. The average Bonchev–Trinajstić information content (AvgIpc) is 2.94. The van der Waals surface area contributed by atoms with Crippen molar-refractivity contribution in [2.45, 2.75) is 19.6 Å². The number of para-hydroxylation sites is 1. The van der Waals surface area contributed by atoms with Crippen molar-refractivity contribution in [3.05, 3.63) is 119 Å². The molecular weight excluding hydrogens is 550 g/mol. The topological polar surface area (TPSA) is 97.3 Å². The van der Waals surface area contributed by atoms with Gasteiger partial charge < -0.3 is 9.47 Å². The van der Waals surface area contributed by atoms with Gasteiger partial charge in [-0.3, -0.25) is 9.10 Å². The summed E-state index contributed by atoms with van der Waals surface area (Å²) in [6.45, 7) is 1.83. The summed E-state index contributed by atoms with van der Waals surface area (Å²) in [7, 11) is -3.79. The van der Waals surface area contributed by atoms with Gasteiger partial charge >= 0.3 is 0 Å². The molecule has 0 aliphatic carbocycles. The van der Waals surface area contributed by atoms with E-state index in [1.54, 1.807) is 48.5 Å². The molecule has 4 aromatic rings. The molecule has 4 rings (SSSR count). The third kappa shape index (κ3) is 7.84. The molecule has 1 atom stereocenters. The molecule has 0 saturated carbocycles. The maximum Gasteiger partial charge on any atom is 0.263 e. The third-order valence-electron chi connectivity index (χ3n) is 5.78. The molecule has 0 unspecified atom stereocenters. The van der Waals surface area contributed by atoms with Crippen LogP contribution < -0.4 is 19.2 Å². The van der Waals surface area contributed by atoms with Crippen LogP contribution in [-0.4, -0.2) is 32.8 Å². The van der Waals surface area contributed by atoms with Gasteiger partial charge in [0.05, 0.1) is 18.2 Å². The molecule has 0 spiro atoms. The number of anilines is 1. The normalized spacial score (nSPS) is 12.1. The molecule has 0 aliphatic rings. The highest BCUT2D eigenvalue weighted by atomic mass is 35.5. The Balaban J connectivity index is 1.35. The van der Waals surface area contributed by atoms with Gasteiger partial charge in [-0.2, -0.15) is 5.10 Å². The molecule has 10 heteroatoms. The number of amides is 1. The number of hydrazone groups is 1. The lowest BCUT2D eigenvalue weighted by atomic mass is 10.2. The van der Waals surface area contributed by atoms with Crippen LogP contribution in [-0.2, 0) is 21.4 Å². The monoisotopic (exact) mass is 577 g/mol. The minimum Gasteiger partial charge on any atom is -0.489 e. The lowest BCUT2D eigenvalue weighted by Gasteiger charge is -2.27. The van der Waals surface area contributed by atoms with E-state index in [9.17, 15) is 13.2 Å². The van der Waals surface area contributed by atoms with E-state index < -0.39 is 22.0 Å². The number of ether oxygens (including phenoxy) is 2. The molecule has 206 valence electrons. The summed E-state index contributed by atoms with van der Waals surface area (Å²) in [6.07, 6.45) is 2.51. The maximum absolute atomic E-state index is 12.8. The van der Waals surface area contributed by atoms with Crippen LogP contribution >= 0.6 is 11.6 Å². The van der Waals surface area contributed by atoms with E-state index >= 15 is 0 Å². The summed E-state index contributed by atoms with van der Waals surface area (Å²) in [5.74, 6) is 1.25. The standard InChI is InChI=1S/C30H28ClN3O5S/c1-22(34(40(2,36)37)25-14-18-28(19-15-25)39-27-9-4-3-5-10-27)30(35)33-32-20-23-12-16-26(17-13-23)38-21-24-8-6-7-11-29(24)31/h3-20,22H,21H2,1-2H3,(H,33,35)/b32-20-/t22-/m1/s1. The van der Waals surface area contributed by atoms with Crippen LogP contribution in [0, 0.1) is 0 Å². The Morgan fingerprint density at radius 3 is 2.15 bits per heavy atom. The molecule has 0 radical (unpaired) electrons. The van der Waals surface area contributed by atoms with Gasteiger partial charge in [-0.15, -0.1) is 0 Å². The molecule has 1 N–H and O–H groups in total. The van der Waals surface area contributed by atoms with Crippen LogP contribution in [0.2, 0.25) is 5.02 Å². The highest BCUT2D eigenvalue weighted by Gasteiger charge is 2.29. The second-order valence-electron chi connectivity index (χ2n) is 8.83. The van der Waals surface area contributed by atoms with Gasteiger partial charge in [-0.1, -0.05) is 48.0 Å². The summed E-state index contributed by atoms with van der Waals surface area (Å²) in [5, 5.41) is 4.63. The Morgan fingerprint density at radius 2 is 1.50 bits per heavy atom. The first-order valence-corrected chi connectivity index (χ1v) is 14.5. The molecule has 0 fully saturated rings. The van der Waals surface area contributed by atoms with E-state index in [4.69, 9.17) is 21.1 Å². The molecule has 0 bridgehead atoms. The van der Waals surface area contributed by atoms with Crippen LogP contribution in [0.1, 0.15) is 18.1 Å². The summed E-state index contributed by atoms with van der Waals surface area (Å²) in [5.41, 5.74) is 4.34. The zero-order valence-corrected chi connectivity index (χ0v) is 23.5. The predicted molar refractivity (Wildman–Crippen MR) is 158 cm³/mol. The first kappa shape index (κ1) is 28.7. The van der Waals surface area contributed by atoms with Gasteiger partial charge in [0.15, 0.2) is 0 Å². The number of halogens is 1. The van der Waals surface area contributed by atoms with E-state index in [2.05, 4.69) is 10.5 Å². The van der Waals surface area contributed by atoms with Crippen molar-refractivity contribution < 1.29 is 22.7 Å². The fourth-order valence-corrected chi connectivity index (χ4v) is 5.15. The zero-order chi connectivity index (χ0) is 28.5. The van der Waals surface area contributed by atoms with Crippen molar-refractivity contribution in [2.24, 2.45) is 5.10 Å². The highest BCUT2D eigenvalue weighted by molar-refractivity contribution is 7.92. The molecule has 8 nitrogen and oxygen atoms in total. The van der Waals surface area contributed by atoms with Gasteiger partial charge in [-0.25, -0.2) is 13.8 Å². The van der Waals surface area contributed by atoms with E-state index in [1.165, 1.54) is 13.1 Å². The minimum atomic E-state index is -3.79. The number of hydrogen-bond acceptors (Lipinski definition) is 6. The Kier molecular flexibility index (Phi) is 9.42.